The molecule has 5 N–H and O–H groups in total. The van der Waals surface area contributed by atoms with Crippen molar-refractivity contribution in [3.05, 3.63) is 12.7 Å². The second-order valence-corrected chi connectivity index (χ2v) is 9.56. The van der Waals surface area contributed by atoms with Crippen LogP contribution in [0.1, 0.15) is 20.1 Å². The number of hydrogen-bond donors (Lipinski definition) is 4. The average molecular weight is 387 g/mol. The number of aromatic nitrogens is 4. The van der Waals surface area contributed by atoms with Crippen molar-refractivity contribution < 1.29 is 29.1 Å². The number of nitrogens with two attached hydrogens (primary N) is 1. The topological polar surface area (TPSA) is 166 Å². The first-order valence-electron chi connectivity index (χ1n) is 7.92. The van der Waals surface area contributed by atoms with E-state index in [1.807, 2.05) is 0 Å². The molecule has 0 bridgehead atoms. The summed E-state index contributed by atoms with van der Waals surface area (Å²) < 4.78 is 24.9. The van der Waals surface area contributed by atoms with E-state index in [4.69, 9.17) is 15.2 Å². The number of aliphatic hydroxyl groups excluding tert-OH is 2. The van der Waals surface area contributed by atoms with Crippen LogP contribution in [0.5, 0.6) is 0 Å². The molecule has 0 aliphatic carbocycles. The van der Waals surface area contributed by atoms with Gasteiger partial charge in [0.2, 0.25) is 7.37 Å². The van der Waals surface area contributed by atoms with Crippen molar-refractivity contribution in [3.63, 3.8) is 0 Å². The number of anilines is 1. The lowest BCUT2D eigenvalue weighted by molar-refractivity contribution is -0.0975. The summed E-state index contributed by atoms with van der Waals surface area (Å²) in [5.74, 6) is 0.182. The Bertz CT molecular complexity index is 851. The van der Waals surface area contributed by atoms with Gasteiger partial charge in [-0.1, -0.05) is 0 Å². The van der Waals surface area contributed by atoms with Crippen molar-refractivity contribution in [2.45, 2.75) is 43.7 Å². The molecular formula is C14H22N5O6P. The quantitative estimate of drug-likeness (QED) is 0.499. The maximum Gasteiger partial charge on any atom is 0.227 e. The zero-order valence-corrected chi connectivity index (χ0v) is 15.4. The fourth-order valence-electron chi connectivity index (χ4n) is 2.73. The molecule has 2 aromatic rings. The van der Waals surface area contributed by atoms with Crippen LogP contribution in [0.15, 0.2) is 12.7 Å². The van der Waals surface area contributed by atoms with E-state index in [9.17, 15) is 19.7 Å². The Labute approximate surface area is 149 Å². The Morgan fingerprint density at radius 3 is 2.73 bits per heavy atom. The van der Waals surface area contributed by atoms with Gasteiger partial charge in [-0.25, -0.2) is 15.0 Å². The summed E-state index contributed by atoms with van der Waals surface area (Å²) in [6.45, 7) is 3.62. The van der Waals surface area contributed by atoms with Gasteiger partial charge in [-0.3, -0.25) is 9.13 Å². The highest BCUT2D eigenvalue weighted by molar-refractivity contribution is 7.58. The minimum absolute atomic E-state index is 0.182. The van der Waals surface area contributed by atoms with Crippen molar-refractivity contribution in [3.8, 4) is 0 Å². The van der Waals surface area contributed by atoms with Crippen LogP contribution in [0.4, 0.5) is 5.82 Å². The minimum Gasteiger partial charge on any atom is -0.394 e. The monoisotopic (exact) mass is 387 g/mol. The largest absolute Gasteiger partial charge is 0.394 e. The third-order valence-electron chi connectivity index (χ3n) is 4.57. The van der Waals surface area contributed by atoms with E-state index < -0.39 is 43.9 Å². The maximum atomic E-state index is 12.0. The zero-order chi connectivity index (χ0) is 19.3. The lowest BCUT2D eigenvalue weighted by Gasteiger charge is -2.33. The Kier molecular flexibility index (Phi) is 4.80. The van der Waals surface area contributed by atoms with Crippen LogP contribution in [-0.2, 0) is 14.0 Å². The molecule has 0 amide bonds. The van der Waals surface area contributed by atoms with Crippen LogP contribution in [0, 0.1) is 0 Å². The number of fused-ring (bicyclic) bond motifs is 1. The fourth-order valence-corrected chi connectivity index (χ4v) is 3.05. The SMILES string of the molecule is CC(C)(OC1C(CO)OC(n2cnc3c(N)ncnc32)C1O)P(C)(=O)O. The van der Waals surface area contributed by atoms with Crippen LogP contribution < -0.4 is 5.73 Å². The van der Waals surface area contributed by atoms with E-state index in [0.29, 0.717) is 11.2 Å². The van der Waals surface area contributed by atoms with Crippen LogP contribution in [0.3, 0.4) is 0 Å². The molecule has 26 heavy (non-hydrogen) atoms. The number of aliphatic hydroxyl groups is 2. The highest BCUT2D eigenvalue weighted by Gasteiger charge is 2.50. The van der Waals surface area contributed by atoms with E-state index in [-0.39, 0.29) is 5.82 Å². The summed E-state index contributed by atoms with van der Waals surface area (Å²) in [6, 6.07) is 0. The van der Waals surface area contributed by atoms with Crippen molar-refractivity contribution in [2.75, 3.05) is 19.0 Å². The molecule has 2 aromatic heterocycles. The molecule has 0 aromatic carbocycles. The lowest BCUT2D eigenvalue weighted by Crippen LogP contribution is -2.42. The van der Waals surface area contributed by atoms with Gasteiger partial charge in [0.25, 0.3) is 0 Å². The fraction of sp³-hybridized carbons (Fsp3) is 0.643. The Balaban J connectivity index is 1.94. The number of hydrogen-bond acceptors (Lipinski definition) is 9. The van der Waals surface area contributed by atoms with E-state index in [1.165, 1.54) is 37.7 Å². The highest BCUT2D eigenvalue weighted by atomic mass is 31.2. The van der Waals surface area contributed by atoms with Crippen molar-refractivity contribution in [1.29, 1.82) is 0 Å². The Morgan fingerprint density at radius 2 is 2.12 bits per heavy atom. The molecule has 3 heterocycles. The first kappa shape index (κ1) is 19.2. The molecular weight excluding hydrogens is 365 g/mol. The van der Waals surface area contributed by atoms with E-state index in [1.54, 1.807) is 0 Å². The molecule has 3 rings (SSSR count). The number of ether oxygens (including phenoxy) is 2. The molecule has 11 nitrogen and oxygen atoms in total. The van der Waals surface area contributed by atoms with Gasteiger partial charge in [0.1, 0.15) is 35.5 Å². The molecule has 0 radical (unpaired) electrons. The summed E-state index contributed by atoms with van der Waals surface area (Å²) in [4.78, 5) is 21.9. The summed E-state index contributed by atoms with van der Waals surface area (Å²) >= 11 is 0. The van der Waals surface area contributed by atoms with E-state index >= 15 is 0 Å². The minimum atomic E-state index is -3.64. The summed E-state index contributed by atoms with van der Waals surface area (Å²) in [5, 5.41) is 18.9. The molecule has 0 saturated carbocycles. The predicted molar refractivity (Wildman–Crippen MR) is 91.4 cm³/mol. The van der Waals surface area contributed by atoms with Gasteiger partial charge in [0, 0.05) is 6.66 Å². The van der Waals surface area contributed by atoms with E-state index in [0.717, 1.165) is 0 Å². The van der Waals surface area contributed by atoms with Crippen molar-refractivity contribution in [1.82, 2.24) is 19.5 Å². The Morgan fingerprint density at radius 1 is 1.42 bits per heavy atom. The van der Waals surface area contributed by atoms with Gasteiger partial charge in [-0.05, 0) is 13.8 Å². The van der Waals surface area contributed by atoms with Crippen LogP contribution in [-0.4, -0.2) is 71.6 Å². The number of nitrogen functional groups attached to an aromatic ring is 1. The third kappa shape index (κ3) is 3.11. The summed E-state index contributed by atoms with van der Waals surface area (Å²) in [5.41, 5.74) is 6.46. The van der Waals surface area contributed by atoms with Crippen LogP contribution in [0.25, 0.3) is 11.2 Å². The van der Waals surface area contributed by atoms with Gasteiger partial charge in [0.15, 0.2) is 17.7 Å². The lowest BCUT2D eigenvalue weighted by atomic mass is 10.1. The molecule has 1 saturated heterocycles. The predicted octanol–water partition coefficient (Wildman–Crippen LogP) is -0.319. The normalized spacial score (nSPS) is 29.2. The standard InChI is InChI=1S/C14H22N5O6P/c1-14(2,26(3,22)23)25-10-7(4-20)24-13(9(10)21)19-6-18-8-11(15)16-5-17-12(8)19/h5-7,9-10,13,20-21H,4H2,1-3H3,(H,22,23)(H2,15,16,17). The second kappa shape index (κ2) is 6.52. The second-order valence-electron chi connectivity index (χ2n) is 6.73. The molecule has 144 valence electrons. The first-order valence-corrected chi connectivity index (χ1v) is 10.0. The van der Waals surface area contributed by atoms with Crippen molar-refractivity contribution >= 4 is 24.4 Å². The van der Waals surface area contributed by atoms with Crippen molar-refractivity contribution in [2.24, 2.45) is 0 Å². The third-order valence-corrected chi connectivity index (χ3v) is 6.68. The zero-order valence-electron chi connectivity index (χ0n) is 14.6. The molecule has 12 heteroatoms. The molecule has 5 atom stereocenters. The molecule has 5 unspecified atom stereocenters. The smallest absolute Gasteiger partial charge is 0.227 e. The summed E-state index contributed by atoms with van der Waals surface area (Å²) in [6.07, 6.45) is -1.50. The molecule has 1 aliphatic rings. The number of nitrogens with zero attached hydrogens (tertiary/aromatic N) is 4. The Hall–Kier alpha value is -1.62. The summed E-state index contributed by atoms with van der Waals surface area (Å²) in [7, 11) is -3.64. The molecule has 0 spiro atoms. The molecule has 1 aliphatic heterocycles. The van der Waals surface area contributed by atoms with Gasteiger partial charge < -0.3 is 30.3 Å². The number of imidazole rings is 1. The van der Waals surface area contributed by atoms with Gasteiger partial charge >= 0.3 is 0 Å². The first-order chi connectivity index (χ1) is 12.1. The van der Waals surface area contributed by atoms with Crippen LogP contribution >= 0.6 is 7.37 Å². The highest BCUT2D eigenvalue weighted by Crippen LogP contribution is 2.53. The van der Waals surface area contributed by atoms with Gasteiger partial charge in [0.05, 0.1) is 12.9 Å². The molecule has 1 fully saturated rings. The van der Waals surface area contributed by atoms with Crippen LogP contribution in [0.2, 0.25) is 0 Å². The maximum absolute atomic E-state index is 12.0. The van der Waals surface area contributed by atoms with Gasteiger partial charge in [-0.15, -0.1) is 0 Å². The number of rotatable bonds is 5. The average Bonchev–Trinajstić information content (AvgIpc) is 3.09. The van der Waals surface area contributed by atoms with Gasteiger partial charge in [-0.2, -0.15) is 0 Å². The van der Waals surface area contributed by atoms with E-state index in [2.05, 4.69) is 15.0 Å².